The number of rotatable bonds is 7. The molecule has 1 heterocycles. The molecule has 1 aromatic carbocycles. The van der Waals surface area contributed by atoms with E-state index < -0.39 is 0 Å². The normalized spacial score (nSPS) is 10.2. The van der Waals surface area contributed by atoms with Crippen molar-refractivity contribution in [2.75, 3.05) is 11.9 Å². The highest BCUT2D eigenvalue weighted by molar-refractivity contribution is 5.96. The molecule has 2 amide bonds. The molecule has 2 N–H and O–H groups in total. The monoisotopic (exact) mass is 302 g/mol. The molecule has 0 aliphatic rings. The topological polar surface area (TPSA) is 85.3 Å². The molecular weight excluding hydrogens is 284 g/mol. The van der Waals surface area contributed by atoms with Crippen molar-refractivity contribution in [2.45, 2.75) is 19.9 Å². The van der Waals surface area contributed by atoms with E-state index in [1.54, 1.807) is 49.9 Å². The average molecular weight is 302 g/mol. The Hall–Kier alpha value is -2.67. The van der Waals surface area contributed by atoms with Crippen molar-refractivity contribution in [3.63, 3.8) is 0 Å². The summed E-state index contributed by atoms with van der Waals surface area (Å²) in [5.41, 5.74) is 3.30. The highest BCUT2D eigenvalue weighted by Gasteiger charge is 2.08. The van der Waals surface area contributed by atoms with Crippen LogP contribution in [0.25, 0.3) is 0 Å². The number of hydroxylamine groups is 1. The lowest BCUT2D eigenvalue weighted by molar-refractivity contribution is -0.116. The minimum atomic E-state index is -0.351. The molecule has 0 saturated carbocycles. The number of aromatic nitrogens is 2. The minimum Gasteiger partial charge on any atom is -0.337 e. The molecule has 0 unspecified atom stereocenters. The lowest BCUT2D eigenvalue weighted by Crippen LogP contribution is -2.23. The van der Waals surface area contributed by atoms with Crippen molar-refractivity contribution in [3.8, 4) is 0 Å². The number of aryl methyl sites for hydroxylation is 1. The molecule has 1 aromatic heterocycles. The summed E-state index contributed by atoms with van der Waals surface area (Å²) in [5.74, 6) is -0.479. The van der Waals surface area contributed by atoms with E-state index >= 15 is 0 Å². The van der Waals surface area contributed by atoms with E-state index in [1.807, 2.05) is 4.57 Å². The number of nitrogens with one attached hydrogen (secondary N) is 2. The second-order valence-electron chi connectivity index (χ2n) is 4.54. The fourth-order valence-corrected chi connectivity index (χ4v) is 1.81. The van der Waals surface area contributed by atoms with Crippen molar-refractivity contribution in [3.05, 3.63) is 48.5 Å². The van der Waals surface area contributed by atoms with E-state index in [-0.39, 0.29) is 11.8 Å². The van der Waals surface area contributed by atoms with Crippen LogP contribution in [-0.4, -0.2) is 28.0 Å². The van der Waals surface area contributed by atoms with Crippen molar-refractivity contribution in [2.24, 2.45) is 0 Å². The Morgan fingerprint density at radius 3 is 2.95 bits per heavy atom. The average Bonchev–Trinajstić information content (AvgIpc) is 3.04. The number of carbonyl (C=O) groups excluding carboxylic acids is 2. The smallest absolute Gasteiger partial charge is 0.274 e. The molecule has 116 valence electrons. The Bertz CT molecular complexity index is 625. The Morgan fingerprint density at radius 1 is 1.36 bits per heavy atom. The van der Waals surface area contributed by atoms with Crippen LogP contribution in [0.5, 0.6) is 0 Å². The van der Waals surface area contributed by atoms with Gasteiger partial charge in [0.05, 0.1) is 12.9 Å². The van der Waals surface area contributed by atoms with Gasteiger partial charge in [-0.05, 0) is 25.1 Å². The standard InChI is InChI=1S/C15H18N4O3/c1-2-22-18-15(21)12-4-3-5-13(10-12)17-14(20)6-8-19-9-7-16-11-19/h3-5,7,9-11H,2,6,8H2,1H3,(H,17,20)(H,18,21). The van der Waals surface area contributed by atoms with Gasteiger partial charge in [0.2, 0.25) is 5.91 Å². The van der Waals surface area contributed by atoms with Crippen LogP contribution in [0.2, 0.25) is 0 Å². The molecule has 0 radical (unpaired) electrons. The Labute approximate surface area is 128 Å². The summed E-state index contributed by atoms with van der Waals surface area (Å²) in [6.07, 6.45) is 5.45. The zero-order valence-corrected chi connectivity index (χ0v) is 12.3. The highest BCUT2D eigenvalue weighted by Crippen LogP contribution is 2.11. The summed E-state index contributed by atoms with van der Waals surface area (Å²) in [6.45, 7) is 2.71. The largest absolute Gasteiger partial charge is 0.337 e. The first-order valence-corrected chi connectivity index (χ1v) is 6.97. The molecule has 0 spiro atoms. The van der Waals surface area contributed by atoms with Crippen molar-refractivity contribution < 1.29 is 14.4 Å². The Morgan fingerprint density at radius 2 is 2.23 bits per heavy atom. The minimum absolute atomic E-state index is 0.129. The van der Waals surface area contributed by atoms with Crippen molar-refractivity contribution in [1.29, 1.82) is 0 Å². The second-order valence-corrected chi connectivity index (χ2v) is 4.54. The molecule has 0 fully saturated rings. The van der Waals surface area contributed by atoms with Gasteiger partial charge in [0.25, 0.3) is 5.91 Å². The van der Waals surface area contributed by atoms with Gasteiger partial charge in [0, 0.05) is 36.6 Å². The molecular formula is C15H18N4O3. The SMILES string of the molecule is CCONC(=O)c1cccc(NC(=O)CCn2ccnc2)c1. The van der Waals surface area contributed by atoms with E-state index in [2.05, 4.69) is 15.8 Å². The maximum absolute atomic E-state index is 11.9. The summed E-state index contributed by atoms with van der Waals surface area (Å²) in [5, 5.41) is 2.76. The first-order valence-electron chi connectivity index (χ1n) is 6.97. The van der Waals surface area contributed by atoms with Crippen LogP contribution in [0, 0.1) is 0 Å². The molecule has 0 saturated heterocycles. The maximum Gasteiger partial charge on any atom is 0.274 e. The van der Waals surface area contributed by atoms with Gasteiger partial charge >= 0.3 is 0 Å². The molecule has 0 aliphatic carbocycles. The number of nitrogens with zero attached hydrogens (tertiary/aromatic N) is 2. The van der Waals surface area contributed by atoms with Crippen LogP contribution >= 0.6 is 0 Å². The number of hydrogen-bond acceptors (Lipinski definition) is 4. The van der Waals surface area contributed by atoms with Crippen LogP contribution < -0.4 is 10.8 Å². The third-order valence-electron chi connectivity index (χ3n) is 2.87. The predicted molar refractivity (Wildman–Crippen MR) is 81.0 cm³/mol. The van der Waals surface area contributed by atoms with Crippen LogP contribution in [0.3, 0.4) is 0 Å². The number of imidazole rings is 1. The first kappa shape index (κ1) is 15.7. The Balaban J connectivity index is 1.89. The summed E-state index contributed by atoms with van der Waals surface area (Å²) in [4.78, 5) is 32.4. The molecule has 22 heavy (non-hydrogen) atoms. The second kappa shape index (κ2) is 7.94. The molecule has 0 aliphatic heterocycles. The third-order valence-corrected chi connectivity index (χ3v) is 2.87. The summed E-state index contributed by atoms with van der Waals surface area (Å²) < 4.78 is 1.82. The van der Waals surface area contributed by atoms with Gasteiger partial charge in [-0.3, -0.25) is 14.4 Å². The quantitative estimate of drug-likeness (QED) is 0.761. The van der Waals surface area contributed by atoms with Crippen molar-refractivity contribution >= 4 is 17.5 Å². The number of amides is 2. The highest BCUT2D eigenvalue weighted by atomic mass is 16.6. The van der Waals surface area contributed by atoms with Crippen molar-refractivity contribution in [1.82, 2.24) is 15.0 Å². The number of benzene rings is 1. The van der Waals surface area contributed by atoms with Gasteiger partial charge < -0.3 is 9.88 Å². The molecule has 0 atom stereocenters. The predicted octanol–water partition coefficient (Wildman–Crippen LogP) is 1.59. The Kier molecular flexibility index (Phi) is 5.67. The van der Waals surface area contributed by atoms with Crippen LogP contribution in [0.4, 0.5) is 5.69 Å². The molecule has 2 aromatic rings. The van der Waals surface area contributed by atoms with Gasteiger partial charge in [-0.25, -0.2) is 10.5 Å². The summed E-state index contributed by atoms with van der Waals surface area (Å²) in [6, 6.07) is 6.68. The summed E-state index contributed by atoms with van der Waals surface area (Å²) >= 11 is 0. The number of anilines is 1. The molecule has 7 heteroatoms. The number of carbonyl (C=O) groups is 2. The first-order chi connectivity index (χ1) is 10.7. The molecule has 0 bridgehead atoms. The zero-order chi connectivity index (χ0) is 15.8. The van der Waals surface area contributed by atoms with E-state index in [4.69, 9.17) is 4.84 Å². The van der Waals surface area contributed by atoms with Crippen LogP contribution in [0.15, 0.2) is 43.0 Å². The zero-order valence-electron chi connectivity index (χ0n) is 12.3. The lowest BCUT2D eigenvalue weighted by Gasteiger charge is -2.08. The van der Waals surface area contributed by atoms with Gasteiger partial charge in [0.1, 0.15) is 0 Å². The molecule has 7 nitrogen and oxygen atoms in total. The van der Waals surface area contributed by atoms with Gasteiger partial charge in [-0.15, -0.1) is 0 Å². The van der Waals surface area contributed by atoms with E-state index in [9.17, 15) is 9.59 Å². The van der Waals surface area contributed by atoms with E-state index in [1.165, 1.54) is 0 Å². The van der Waals surface area contributed by atoms with Crippen LogP contribution in [-0.2, 0) is 16.2 Å². The summed E-state index contributed by atoms with van der Waals surface area (Å²) in [7, 11) is 0. The van der Waals surface area contributed by atoms with Gasteiger partial charge in [-0.1, -0.05) is 6.07 Å². The van der Waals surface area contributed by atoms with Crippen LogP contribution in [0.1, 0.15) is 23.7 Å². The van der Waals surface area contributed by atoms with E-state index in [0.29, 0.717) is 30.8 Å². The van der Waals surface area contributed by atoms with Gasteiger partial charge in [0.15, 0.2) is 0 Å². The lowest BCUT2D eigenvalue weighted by atomic mass is 10.2. The van der Waals surface area contributed by atoms with E-state index in [0.717, 1.165) is 0 Å². The van der Waals surface area contributed by atoms with Gasteiger partial charge in [-0.2, -0.15) is 0 Å². The maximum atomic E-state index is 11.9. The fourth-order valence-electron chi connectivity index (χ4n) is 1.81. The third kappa shape index (κ3) is 4.71. The fraction of sp³-hybridized carbons (Fsp3) is 0.267. The molecule has 2 rings (SSSR count). The number of hydrogen-bond donors (Lipinski definition) is 2.